The van der Waals surface area contributed by atoms with Crippen LogP contribution in [-0.4, -0.2) is 22.3 Å². The van der Waals surface area contributed by atoms with Gasteiger partial charge in [-0.1, -0.05) is 17.7 Å². The Kier molecular flexibility index (Phi) is 3.19. The van der Waals surface area contributed by atoms with Crippen molar-refractivity contribution >= 4 is 21.8 Å². The minimum atomic E-state index is 0.117. The number of rotatable bonds is 1. The molecule has 4 heteroatoms. The van der Waals surface area contributed by atoms with E-state index in [2.05, 4.69) is 27.0 Å². The number of amides is 1. The van der Waals surface area contributed by atoms with E-state index in [9.17, 15) is 4.79 Å². The Bertz CT molecular complexity index is 633. The second-order valence-electron chi connectivity index (χ2n) is 4.97. The van der Waals surface area contributed by atoms with Gasteiger partial charge in [0.25, 0.3) is 5.91 Å². The van der Waals surface area contributed by atoms with Gasteiger partial charge in [0.2, 0.25) is 0 Å². The number of aryl methyl sites for hydroxylation is 1. The molecule has 3 rings (SSSR count). The molecule has 0 spiro atoms. The molecule has 1 aromatic carbocycles. The van der Waals surface area contributed by atoms with Gasteiger partial charge in [-0.15, -0.1) is 0 Å². The van der Waals surface area contributed by atoms with Crippen LogP contribution in [-0.2, 0) is 13.0 Å². The van der Waals surface area contributed by atoms with Crippen LogP contribution in [0.3, 0.4) is 0 Å². The first-order chi connectivity index (χ1) is 9.13. The number of H-pyrrole nitrogens is 1. The van der Waals surface area contributed by atoms with Crippen molar-refractivity contribution in [3.05, 3.63) is 57.3 Å². The topological polar surface area (TPSA) is 36.1 Å². The highest BCUT2D eigenvalue weighted by Gasteiger charge is 2.23. The van der Waals surface area contributed by atoms with Gasteiger partial charge in [-0.05, 0) is 46.6 Å². The van der Waals surface area contributed by atoms with E-state index in [-0.39, 0.29) is 5.91 Å². The first-order valence-corrected chi connectivity index (χ1v) is 7.15. The molecule has 0 aliphatic carbocycles. The van der Waals surface area contributed by atoms with Gasteiger partial charge in [0.1, 0.15) is 0 Å². The summed E-state index contributed by atoms with van der Waals surface area (Å²) in [5, 5.41) is 0. The first-order valence-electron chi connectivity index (χ1n) is 6.35. The predicted molar refractivity (Wildman–Crippen MR) is 78.1 cm³/mol. The van der Waals surface area contributed by atoms with Crippen molar-refractivity contribution in [2.75, 3.05) is 6.54 Å². The van der Waals surface area contributed by atoms with Crippen molar-refractivity contribution in [1.29, 1.82) is 0 Å². The Hall–Kier alpha value is -1.55. The Morgan fingerprint density at radius 1 is 1.37 bits per heavy atom. The maximum absolute atomic E-state index is 12.5. The summed E-state index contributed by atoms with van der Waals surface area (Å²) in [4.78, 5) is 17.7. The summed E-state index contributed by atoms with van der Waals surface area (Å²) >= 11 is 3.44. The first kappa shape index (κ1) is 12.5. The lowest BCUT2D eigenvalue weighted by Gasteiger charge is -2.27. The number of halogens is 1. The fourth-order valence-corrected chi connectivity index (χ4v) is 3.05. The smallest absolute Gasteiger partial charge is 0.254 e. The average Bonchev–Trinajstić information content (AvgIpc) is 2.76. The quantitative estimate of drug-likeness (QED) is 0.860. The van der Waals surface area contributed by atoms with Crippen molar-refractivity contribution < 1.29 is 4.79 Å². The molecule has 98 valence electrons. The van der Waals surface area contributed by atoms with Gasteiger partial charge in [0.05, 0.1) is 4.60 Å². The largest absolute Gasteiger partial charge is 0.353 e. The van der Waals surface area contributed by atoms with E-state index >= 15 is 0 Å². The highest BCUT2D eigenvalue weighted by molar-refractivity contribution is 9.10. The third-order valence-electron chi connectivity index (χ3n) is 3.50. The van der Waals surface area contributed by atoms with Crippen LogP contribution in [0.4, 0.5) is 0 Å². The summed E-state index contributed by atoms with van der Waals surface area (Å²) < 4.78 is 0.988. The average molecular weight is 319 g/mol. The molecular formula is C15H15BrN2O. The fourth-order valence-electron chi connectivity index (χ4n) is 2.53. The molecule has 0 bridgehead atoms. The van der Waals surface area contributed by atoms with E-state index in [4.69, 9.17) is 0 Å². The predicted octanol–water partition coefficient (Wildman–Crippen LogP) is 3.28. The van der Waals surface area contributed by atoms with Crippen LogP contribution in [0.1, 0.15) is 27.2 Å². The van der Waals surface area contributed by atoms with Crippen LogP contribution < -0.4 is 0 Å². The Morgan fingerprint density at radius 3 is 3.00 bits per heavy atom. The molecule has 0 saturated carbocycles. The molecule has 3 nitrogen and oxygen atoms in total. The molecule has 0 atom stereocenters. The number of aromatic amines is 1. The summed E-state index contributed by atoms with van der Waals surface area (Å²) in [6.07, 6.45) is 0.887. The maximum Gasteiger partial charge on any atom is 0.254 e. The molecule has 1 N–H and O–H groups in total. The molecule has 1 amide bonds. The minimum absolute atomic E-state index is 0.117. The molecule has 0 saturated heterocycles. The number of benzene rings is 1. The lowest BCUT2D eigenvalue weighted by atomic mass is 10.1. The standard InChI is InChI=1S/C15H15BrN2O/c1-10-3-2-4-11(7-10)15(19)18-6-5-13-12(9-18)8-14(16)17-13/h2-4,7-8,17H,5-6,9H2,1H3. The van der Waals surface area contributed by atoms with Crippen molar-refractivity contribution in [3.8, 4) is 0 Å². The van der Waals surface area contributed by atoms with E-state index < -0.39 is 0 Å². The highest BCUT2D eigenvalue weighted by atomic mass is 79.9. The number of hydrogen-bond donors (Lipinski definition) is 1. The van der Waals surface area contributed by atoms with Gasteiger partial charge < -0.3 is 9.88 Å². The number of fused-ring (bicyclic) bond motifs is 1. The second kappa shape index (κ2) is 4.85. The van der Waals surface area contributed by atoms with Gasteiger partial charge in [0.15, 0.2) is 0 Å². The van der Waals surface area contributed by atoms with Crippen LogP contribution in [0.15, 0.2) is 34.9 Å². The molecule has 1 aliphatic heterocycles. The highest BCUT2D eigenvalue weighted by Crippen LogP contribution is 2.23. The maximum atomic E-state index is 12.5. The molecule has 0 radical (unpaired) electrons. The zero-order chi connectivity index (χ0) is 13.4. The van der Waals surface area contributed by atoms with Gasteiger partial charge in [-0.2, -0.15) is 0 Å². The summed E-state index contributed by atoms with van der Waals surface area (Å²) in [6, 6.07) is 9.84. The fraction of sp³-hybridized carbons (Fsp3) is 0.267. The second-order valence-corrected chi connectivity index (χ2v) is 5.82. The number of carbonyl (C=O) groups is 1. The van der Waals surface area contributed by atoms with Crippen LogP contribution >= 0.6 is 15.9 Å². The van der Waals surface area contributed by atoms with Crippen LogP contribution in [0.5, 0.6) is 0 Å². The van der Waals surface area contributed by atoms with Crippen molar-refractivity contribution in [2.45, 2.75) is 19.9 Å². The number of nitrogens with zero attached hydrogens (tertiary/aromatic N) is 1. The Morgan fingerprint density at radius 2 is 2.21 bits per heavy atom. The van der Waals surface area contributed by atoms with E-state index in [1.54, 1.807) is 0 Å². The molecule has 0 unspecified atom stereocenters. The lowest BCUT2D eigenvalue weighted by Crippen LogP contribution is -2.35. The SMILES string of the molecule is Cc1cccc(C(=O)N2CCc3[nH]c(Br)cc3C2)c1. The van der Waals surface area contributed by atoms with E-state index in [1.165, 1.54) is 11.3 Å². The summed E-state index contributed by atoms with van der Waals surface area (Å²) in [7, 11) is 0. The molecule has 19 heavy (non-hydrogen) atoms. The third kappa shape index (κ3) is 2.45. The minimum Gasteiger partial charge on any atom is -0.353 e. The van der Waals surface area contributed by atoms with E-state index in [0.717, 1.165) is 28.7 Å². The number of carbonyl (C=O) groups excluding carboxylic acids is 1. The lowest BCUT2D eigenvalue weighted by molar-refractivity contribution is 0.0734. The van der Waals surface area contributed by atoms with E-state index in [0.29, 0.717) is 6.54 Å². The molecule has 1 aromatic heterocycles. The molecule has 0 fully saturated rings. The summed E-state index contributed by atoms with van der Waals surface area (Å²) in [6.45, 7) is 3.46. The zero-order valence-electron chi connectivity index (χ0n) is 10.7. The van der Waals surface area contributed by atoms with Crippen LogP contribution in [0.25, 0.3) is 0 Å². The Labute approximate surface area is 120 Å². The number of nitrogens with one attached hydrogen (secondary N) is 1. The molecule has 2 aromatic rings. The van der Waals surface area contributed by atoms with Gasteiger partial charge >= 0.3 is 0 Å². The van der Waals surface area contributed by atoms with Crippen LogP contribution in [0, 0.1) is 6.92 Å². The molecular weight excluding hydrogens is 304 g/mol. The van der Waals surface area contributed by atoms with Crippen LogP contribution in [0.2, 0.25) is 0 Å². The van der Waals surface area contributed by atoms with Crippen molar-refractivity contribution in [1.82, 2.24) is 9.88 Å². The summed E-state index contributed by atoms with van der Waals surface area (Å²) in [5.74, 6) is 0.117. The summed E-state index contributed by atoms with van der Waals surface area (Å²) in [5.41, 5.74) is 4.34. The molecule has 2 heterocycles. The Balaban J connectivity index is 1.83. The van der Waals surface area contributed by atoms with Gasteiger partial charge in [-0.3, -0.25) is 4.79 Å². The number of aromatic nitrogens is 1. The number of hydrogen-bond acceptors (Lipinski definition) is 1. The van der Waals surface area contributed by atoms with Crippen molar-refractivity contribution in [3.63, 3.8) is 0 Å². The normalized spacial score (nSPS) is 14.3. The molecule has 1 aliphatic rings. The van der Waals surface area contributed by atoms with Crippen molar-refractivity contribution in [2.24, 2.45) is 0 Å². The third-order valence-corrected chi connectivity index (χ3v) is 3.93. The van der Waals surface area contributed by atoms with Gasteiger partial charge in [0, 0.05) is 30.8 Å². The van der Waals surface area contributed by atoms with E-state index in [1.807, 2.05) is 36.1 Å². The monoisotopic (exact) mass is 318 g/mol. The zero-order valence-corrected chi connectivity index (χ0v) is 12.3. The van der Waals surface area contributed by atoms with Gasteiger partial charge in [-0.25, -0.2) is 0 Å².